The van der Waals surface area contributed by atoms with E-state index in [9.17, 15) is 13.6 Å². The van der Waals surface area contributed by atoms with E-state index in [0.717, 1.165) is 27.8 Å². The number of halogens is 3. The molecule has 0 aliphatic heterocycles. The van der Waals surface area contributed by atoms with Gasteiger partial charge in [-0.1, -0.05) is 17.8 Å². The molecular formula is C13H7BrF2OS. The molecule has 0 fully saturated rings. The van der Waals surface area contributed by atoms with Crippen LogP contribution in [0.1, 0.15) is 10.4 Å². The number of hydrogen-bond donors (Lipinski definition) is 0. The molecule has 0 radical (unpaired) electrons. The van der Waals surface area contributed by atoms with E-state index >= 15 is 0 Å². The molecule has 1 nitrogen and oxygen atoms in total. The molecule has 92 valence electrons. The lowest BCUT2D eigenvalue weighted by atomic mass is 10.2. The molecule has 2 aromatic rings. The second kappa shape index (κ2) is 5.63. The molecule has 0 aliphatic carbocycles. The zero-order valence-corrected chi connectivity index (χ0v) is 11.4. The van der Waals surface area contributed by atoms with Crippen molar-refractivity contribution in [3.05, 3.63) is 58.1 Å². The van der Waals surface area contributed by atoms with Gasteiger partial charge in [0.25, 0.3) is 0 Å². The number of hydrogen-bond acceptors (Lipinski definition) is 2. The van der Waals surface area contributed by atoms with Gasteiger partial charge in [-0.3, -0.25) is 4.79 Å². The van der Waals surface area contributed by atoms with Crippen LogP contribution in [0.25, 0.3) is 0 Å². The maximum Gasteiger partial charge on any atom is 0.159 e. The number of carbonyl (C=O) groups excluding carboxylic acids is 1. The minimum atomic E-state index is -0.874. The van der Waals surface area contributed by atoms with Gasteiger partial charge in [-0.15, -0.1) is 0 Å². The lowest BCUT2D eigenvalue weighted by Crippen LogP contribution is -1.85. The Bertz CT molecular complexity index is 602. The van der Waals surface area contributed by atoms with E-state index < -0.39 is 11.6 Å². The largest absolute Gasteiger partial charge is 0.298 e. The second-order valence-electron chi connectivity index (χ2n) is 3.49. The molecule has 0 unspecified atom stereocenters. The summed E-state index contributed by atoms with van der Waals surface area (Å²) in [6.07, 6.45) is 0.747. The van der Waals surface area contributed by atoms with Gasteiger partial charge in [-0.25, -0.2) is 8.78 Å². The van der Waals surface area contributed by atoms with Crippen LogP contribution >= 0.6 is 27.7 Å². The van der Waals surface area contributed by atoms with Gasteiger partial charge in [0.1, 0.15) is 6.29 Å². The third-order valence-electron chi connectivity index (χ3n) is 2.21. The molecule has 0 amide bonds. The lowest BCUT2D eigenvalue weighted by Gasteiger charge is -2.05. The Balaban J connectivity index is 2.28. The second-order valence-corrected chi connectivity index (χ2v) is 5.46. The predicted octanol–water partition coefficient (Wildman–Crippen LogP) is 4.69. The molecule has 18 heavy (non-hydrogen) atoms. The summed E-state index contributed by atoms with van der Waals surface area (Å²) in [5.41, 5.74) is 0.552. The molecule has 5 heteroatoms. The van der Waals surface area contributed by atoms with E-state index in [2.05, 4.69) is 15.9 Å². The zero-order chi connectivity index (χ0) is 13.1. The summed E-state index contributed by atoms with van der Waals surface area (Å²) in [5, 5.41) is 0. The van der Waals surface area contributed by atoms with Crippen LogP contribution in [0, 0.1) is 11.6 Å². The number of rotatable bonds is 3. The van der Waals surface area contributed by atoms with Crippen molar-refractivity contribution >= 4 is 34.0 Å². The first-order valence-corrected chi connectivity index (χ1v) is 6.59. The highest BCUT2D eigenvalue weighted by Gasteiger charge is 2.07. The molecule has 2 rings (SSSR count). The first-order valence-electron chi connectivity index (χ1n) is 4.98. The number of carbonyl (C=O) groups is 1. The van der Waals surface area contributed by atoms with Gasteiger partial charge in [0.05, 0.1) is 0 Å². The Morgan fingerprint density at radius 1 is 1.06 bits per heavy atom. The van der Waals surface area contributed by atoms with Gasteiger partial charge in [-0.2, -0.15) is 0 Å². The molecule has 0 bridgehead atoms. The van der Waals surface area contributed by atoms with Crippen molar-refractivity contribution in [3.8, 4) is 0 Å². The first-order chi connectivity index (χ1) is 8.60. The van der Waals surface area contributed by atoms with Gasteiger partial charge >= 0.3 is 0 Å². The van der Waals surface area contributed by atoms with Crippen molar-refractivity contribution in [1.29, 1.82) is 0 Å². The van der Waals surface area contributed by atoms with E-state index in [1.54, 1.807) is 18.2 Å². The van der Waals surface area contributed by atoms with Crippen LogP contribution in [0.15, 0.2) is 50.7 Å². The molecule has 0 aliphatic rings. The van der Waals surface area contributed by atoms with Crippen LogP contribution in [0.2, 0.25) is 0 Å². The van der Waals surface area contributed by atoms with Gasteiger partial charge in [0, 0.05) is 19.8 Å². The summed E-state index contributed by atoms with van der Waals surface area (Å²) in [6, 6.07) is 8.82. The Labute approximate surface area is 115 Å². The monoisotopic (exact) mass is 328 g/mol. The highest BCUT2D eigenvalue weighted by molar-refractivity contribution is 9.10. The third-order valence-corrected chi connectivity index (χ3v) is 4.19. The standard InChI is InChI=1S/C13H7BrF2OS/c14-10-5-8(7-17)1-4-13(10)18-9-2-3-11(15)12(16)6-9/h1-7H. The third kappa shape index (κ3) is 2.97. The Morgan fingerprint density at radius 3 is 2.44 bits per heavy atom. The zero-order valence-electron chi connectivity index (χ0n) is 8.99. The predicted molar refractivity (Wildman–Crippen MR) is 70.0 cm³/mol. The molecule has 0 saturated heterocycles. The van der Waals surface area contributed by atoms with Crippen LogP contribution in [-0.2, 0) is 0 Å². The molecule has 0 aromatic heterocycles. The quantitative estimate of drug-likeness (QED) is 0.760. The van der Waals surface area contributed by atoms with Crippen LogP contribution in [0.3, 0.4) is 0 Å². The molecular weight excluding hydrogens is 322 g/mol. The normalized spacial score (nSPS) is 10.4. The fourth-order valence-corrected chi connectivity index (χ4v) is 2.82. The summed E-state index contributed by atoms with van der Waals surface area (Å²) < 4.78 is 26.6. The summed E-state index contributed by atoms with van der Waals surface area (Å²) in [7, 11) is 0. The van der Waals surface area contributed by atoms with Crippen molar-refractivity contribution in [3.63, 3.8) is 0 Å². The fourth-order valence-electron chi connectivity index (χ4n) is 1.34. The average Bonchev–Trinajstić information content (AvgIpc) is 2.36. The summed E-state index contributed by atoms with van der Waals surface area (Å²) in [6.45, 7) is 0. The van der Waals surface area contributed by atoms with Crippen LogP contribution < -0.4 is 0 Å². The van der Waals surface area contributed by atoms with Crippen LogP contribution in [-0.4, -0.2) is 6.29 Å². The minimum absolute atomic E-state index is 0.552. The number of benzene rings is 2. The van der Waals surface area contributed by atoms with E-state index in [1.807, 2.05) is 0 Å². The minimum Gasteiger partial charge on any atom is -0.298 e. The molecule has 2 aromatic carbocycles. The maximum atomic E-state index is 13.1. The topological polar surface area (TPSA) is 17.1 Å². The van der Waals surface area contributed by atoms with Crippen molar-refractivity contribution in [2.45, 2.75) is 9.79 Å². The van der Waals surface area contributed by atoms with E-state index in [-0.39, 0.29) is 0 Å². The van der Waals surface area contributed by atoms with Crippen molar-refractivity contribution in [1.82, 2.24) is 0 Å². The summed E-state index contributed by atoms with van der Waals surface area (Å²) in [5.74, 6) is -1.74. The van der Waals surface area contributed by atoms with E-state index in [1.165, 1.54) is 17.8 Å². The summed E-state index contributed by atoms with van der Waals surface area (Å²) >= 11 is 4.62. The highest BCUT2D eigenvalue weighted by Crippen LogP contribution is 2.34. The van der Waals surface area contributed by atoms with Gasteiger partial charge in [0.2, 0.25) is 0 Å². The molecule has 0 saturated carbocycles. The number of aldehydes is 1. The highest BCUT2D eigenvalue weighted by atomic mass is 79.9. The van der Waals surface area contributed by atoms with Crippen molar-refractivity contribution in [2.24, 2.45) is 0 Å². The Kier molecular flexibility index (Phi) is 4.14. The van der Waals surface area contributed by atoms with Crippen LogP contribution in [0.4, 0.5) is 8.78 Å². The lowest BCUT2D eigenvalue weighted by molar-refractivity contribution is 0.112. The summed E-state index contributed by atoms with van der Waals surface area (Å²) in [4.78, 5) is 12.0. The van der Waals surface area contributed by atoms with Crippen molar-refractivity contribution in [2.75, 3.05) is 0 Å². The Morgan fingerprint density at radius 2 is 1.83 bits per heavy atom. The van der Waals surface area contributed by atoms with E-state index in [4.69, 9.17) is 0 Å². The fraction of sp³-hybridized carbons (Fsp3) is 0. The first kappa shape index (κ1) is 13.2. The Hall–Kier alpha value is -1.20. The molecule has 0 atom stereocenters. The van der Waals surface area contributed by atoms with Gasteiger partial charge in [0.15, 0.2) is 11.6 Å². The SMILES string of the molecule is O=Cc1ccc(Sc2ccc(F)c(F)c2)c(Br)c1. The van der Waals surface area contributed by atoms with E-state index in [0.29, 0.717) is 10.5 Å². The molecule has 0 heterocycles. The molecule has 0 N–H and O–H groups in total. The van der Waals surface area contributed by atoms with Gasteiger partial charge in [-0.05, 0) is 46.3 Å². The van der Waals surface area contributed by atoms with Crippen LogP contribution in [0.5, 0.6) is 0 Å². The average molecular weight is 329 g/mol. The maximum absolute atomic E-state index is 13.1. The van der Waals surface area contributed by atoms with Gasteiger partial charge < -0.3 is 0 Å². The van der Waals surface area contributed by atoms with Crippen molar-refractivity contribution < 1.29 is 13.6 Å². The molecule has 0 spiro atoms. The smallest absolute Gasteiger partial charge is 0.159 e.